The number of aromatic nitrogens is 1. The Morgan fingerprint density at radius 1 is 1.23 bits per heavy atom. The standard InChI is InChI=1S/C18H18N2O6/c1-11-7-17(20-26-11)23-10-18(22)24-9-16(21)19-12(2)15-8-13-5-3-4-6-14(13)25-15/h3-8,12H,9-10H2,1-2H3,(H,19,21)/t12-/m1/s1. The van der Waals surface area contributed by atoms with Gasteiger partial charge in [-0.1, -0.05) is 18.2 Å². The summed E-state index contributed by atoms with van der Waals surface area (Å²) in [7, 11) is 0. The fraction of sp³-hybridized carbons (Fsp3) is 0.278. The molecule has 0 bridgehead atoms. The number of benzene rings is 1. The number of carbonyl (C=O) groups excluding carboxylic acids is 2. The monoisotopic (exact) mass is 358 g/mol. The first kappa shape index (κ1) is 17.5. The molecule has 0 aliphatic heterocycles. The number of nitrogens with one attached hydrogen (secondary N) is 1. The molecule has 26 heavy (non-hydrogen) atoms. The van der Waals surface area contributed by atoms with Crippen LogP contribution in [0.5, 0.6) is 5.88 Å². The fourth-order valence-corrected chi connectivity index (χ4v) is 2.30. The molecule has 0 fully saturated rings. The topological polar surface area (TPSA) is 104 Å². The van der Waals surface area contributed by atoms with Crippen molar-refractivity contribution < 1.29 is 28.0 Å². The Hall–Kier alpha value is -3.29. The zero-order chi connectivity index (χ0) is 18.5. The van der Waals surface area contributed by atoms with Crippen LogP contribution in [0.15, 0.2) is 45.3 Å². The number of hydrogen-bond donors (Lipinski definition) is 1. The van der Waals surface area contributed by atoms with Crippen LogP contribution in [-0.4, -0.2) is 30.2 Å². The number of carbonyl (C=O) groups is 2. The summed E-state index contributed by atoms with van der Waals surface area (Å²) in [6.07, 6.45) is 0. The molecule has 3 rings (SSSR count). The molecule has 1 atom stereocenters. The third-order valence-corrected chi connectivity index (χ3v) is 3.56. The Kier molecular flexibility index (Phi) is 5.21. The number of aryl methyl sites for hydroxylation is 1. The highest BCUT2D eigenvalue weighted by Crippen LogP contribution is 2.23. The van der Waals surface area contributed by atoms with Gasteiger partial charge in [-0.05, 0) is 31.1 Å². The van der Waals surface area contributed by atoms with Crippen molar-refractivity contribution in [1.82, 2.24) is 10.5 Å². The van der Waals surface area contributed by atoms with Gasteiger partial charge in [0.2, 0.25) is 0 Å². The minimum Gasteiger partial charge on any atom is -0.463 e. The second kappa shape index (κ2) is 7.73. The summed E-state index contributed by atoms with van der Waals surface area (Å²) in [5, 5.41) is 7.24. The summed E-state index contributed by atoms with van der Waals surface area (Å²) in [5.74, 6) is 0.242. The molecule has 2 heterocycles. The molecule has 1 aromatic carbocycles. The van der Waals surface area contributed by atoms with Crippen LogP contribution in [0.4, 0.5) is 0 Å². The van der Waals surface area contributed by atoms with Gasteiger partial charge in [0.05, 0.1) is 6.04 Å². The van der Waals surface area contributed by atoms with Gasteiger partial charge in [0, 0.05) is 11.5 Å². The van der Waals surface area contributed by atoms with E-state index in [2.05, 4.69) is 10.5 Å². The van der Waals surface area contributed by atoms with Crippen LogP contribution in [-0.2, 0) is 14.3 Å². The van der Waals surface area contributed by atoms with E-state index in [1.165, 1.54) is 6.07 Å². The summed E-state index contributed by atoms with van der Waals surface area (Å²) in [6.45, 7) is 2.71. The van der Waals surface area contributed by atoms with Gasteiger partial charge in [0.15, 0.2) is 13.2 Å². The first-order valence-corrected chi connectivity index (χ1v) is 8.01. The molecule has 8 nitrogen and oxygen atoms in total. The smallest absolute Gasteiger partial charge is 0.344 e. The second-order valence-corrected chi connectivity index (χ2v) is 5.70. The summed E-state index contributed by atoms with van der Waals surface area (Å²) < 4.78 is 20.4. The van der Waals surface area contributed by atoms with Crippen LogP contribution < -0.4 is 10.1 Å². The fourth-order valence-electron chi connectivity index (χ4n) is 2.30. The highest BCUT2D eigenvalue weighted by Gasteiger charge is 2.16. The molecular formula is C18H18N2O6. The van der Waals surface area contributed by atoms with E-state index in [1.807, 2.05) is 30.3 Å². The lowest BCUT2D eigenvalue weighted by atomic mass is 10.2. The molecule has 0 spiro atoms. The lowest BCUT2D eigenvalue weighted by Crippen LogP contribution is -2.31. The number of amides is 1. The first-order chi connectivity index (χ1) is 12.5. The molecule has 136 valence electrons. The van der Waals surface area contributed by atoms with Crippen LogP contribution in [0, 0.1) is 6.92 Å². The van der Waals surface area contributed by atoms with E-state index >= 15 is 0 Å². The van der Waals surface area contributed by atoms with Crippen molar-refractivity contribution in [3.63, 3.8) is 0 Å². The molecule has 0 aliphatic carbocycles. The maximum Gasteiger partial charge on any atom is 0.344 e. The van der Waals surface area contributed by atoms with E-state index in [1.54, 1.807) is 13.8 Å². The normalized spacial score (nSPS) is 11.9. The van der Waals surface area contributed by atoms with Crippen molar-refractivity contribution in [3.05, 3.63) is 47.9 Å². The maximum absolute atomic E-state index is 11.9. The quantitative estimate of drug-likeness (QED) is 0.647. The molecular weight excluding hydrogens is 340 g/mol. The maximum atomic E-state index is 11.9. The largest absolute Gasteiger partial charge is 0.463 e. The Morgan fingerprint density at radius 3 is 2.77 bits per heavy atom. The van der Waals surface area contributed by atoms with Crippen LogP contribution in [0.2, 0.25) is 0 Å². The number of fused-ring (bicyclic) bond motifs is 1. The van der Waals surface area contributed by atoms with Gasteiger partial charge in [0.1, 0.15) is 17.1 Å². The molecule has 8 heteroatoms. The summed E-state index contributed by atoms with van der Waals surface area (Å²) in [6, 6.07) is 10.6. The number of para-hydroxylation sites is 1. The van der Waals surface area contributed by atoms with E-state index in [4.69, 9.17) is 18.4 Å². The van der Waals surface area contributed by atoms with Crippen LogP contribution in [0.1, 0.15) is 24.5 Å². The molecule has 3 aromatic rings. The predicted molar refractivity (Wildman–Crippen MR) is 90.5 cm³/mol. The van der Waals surface area contributed by atoms with Crippen molar-refractivity contribution in [2.75, 3.05) is 13.2 Å². The lowest BCUT2D eigenvalue weighted by Gasteiger charge is -2.11. The second-order valence-electron chi connectivity index (χ2n) is 5.70. The van der Waals surface area contributed by atoms with Crippen molar-refractivity contribution >= 4 is 22.8 Å². The van der Waals surface area contributed by atoms with Gasteiger partial charge in [-0.3, -0.25) is 4.79 Å². The van der Waals surface area contributed by atoms with Gasteiger partial charge < -0.3 is 23.7 Å². The van der Waals surface area contributed by atoms with Crippen molar-refractivity contribution in [3.8, 4) is 5.88 Å². The van der Waals surface area contributed by atoms with Crippen LogP contribution >= 0.6 is 0 Å². The Morgan fingerprint density at radius 2 is 2.04 bits per heavy atom. The predicted octanol–water partition coefficient (Wildman–Crippen LogP) is 2.53. The summed E-state index contributed by atoms with van der Waals surface area (Å²) in [5.41, 5.74) is 0.746. The Bertz CT molecular complexity index is 880. The van der Waals surface area contributed by atoms with Crippen molar-refractivity contribution in [1.29, 1.82) is 0 Å². The number of nitrogens with zero attached hydrogens (tertiary/aromatic N) is 1. The summed E-state index contributed by atoms with van der Waals surface area (Å²) >= 11 is 0. The molecule has 0 saturated heterocycles. The van der Waals surface area contributed by atoms with Gasteiger partial charge in [-0.15, -0.1) is 0 Å². The molecule has 2 aromatic heterocycles. The van der Waals surface area contributed by atoms with Gasteiger partial charge in [0.25, 0.3) is 11.8 Å². The van der Waals surface area contributed by atoms with Gasteiger partial charge in [-0.2, -0.15) is 0 Å². The Balaban J connectivity index is 1.43. The van der Waals surface area contributed by atoms with Gasteiger partial charge in [-0.25, -0.2) is 4.79 Å². The average molecular weight is 358 g/mol. The number of ether oxygens (including phenoxy) is 2. The third kappa shape index (κ3) is 4.41. The number of furan rings is 1. The van der Waals surface area contributed by atoms with Crippen LogP contribution in [0.3, 0.4) is 0 Å². The minimum absolute atomic E-state index is 0.183. The molecule has 0 aliphatic rings. The van der Waals surface area contributed by atoms with Crippen molar-refractivity contribution in [2.24, 2.45) is 0 Å². The molecule has 1 amide bonds. The highest BCUT2D eigenvalue weighted by molar-refractivity contribution is 5.82. The highest BCUT2D eigenvalue weighted by atomic mass is 16.6. The van der Waals surface area contributed by atoms with E-state index in [0.29, 0.717) is 11.5 Å². The molecule has 0 radical (unpaired) electrons. The Labute approximate surface area is 149 Å². The zero-order valence-electron chi connectivity index (χ0n) is 14.4. The summed E-state index contributed by atoms with van der Waals surface area (Å²) in [4.78, 5) is 23.5. The third-order valence-electron chi connectivity index (χ3n) is 3.56. The average Bonchev–Trinajstić information content (AvgIpc) is 3.24. The molecule has 0 unspecified atom stereocenters. The van der Waals surface area contributed by atoms with E-state index in [0.717, 1.165) is 11.0 Å². The minimum atomic E-state index is -0.683. The zero-order valence-corrected chi connectivity index (χ0v) is 14.4. The van der Waals surface area contributed by atoms with Crippen molar-refractivity contribution in [2.45, 2.75) is 19.9 Å². The number of rotatable bonds is 7. The van der Waals surface area contributed by atoms with E-state index < -0.39 is 18.5 Å². The molecule has 0 saturated carbocycles. The van der Waals surface area contributed by atoms with Crippen LogP contribution in [0.25, 0.3) is 11.0 Å². The SMILES string of the molecule is Cc1cc(OCC(=O)OCC(=O)N[C@H](C)c2cc3ccccc3o2)no1. The number of esters is 1. The number of hydrogen-bond acceptors (Lipinski definition) is 7. The lowest BCUT2D eigenvalue weighted by molar-refractivity contribution is -0.150. The van der Waals surface area contributed by atoms with E-state index in [-0.39, 0.29) is 18.5 Å². The molecule has 1 N–H and O–H groups in total. The first-order valence-electron chi connectivity index (χ1n) is 8.01. The van der Waals surface area contributed by atoms with Gasteiger partial charge >= 0.3 is 5.97 Å². The van der Waals surface area contributed by atoms with E-state index in [9.17, 15) is 9.59 Å².